The first-order chi connectivity index (χ1) is 7.58. The van der Waals surface area contributed by atoms with Gasteiger partial charge in [0.25, 0.3) is 0 Å². The van der Waals surface area contributed by atoms with Gasteiger partial charge in [-0.05, 0) is 30.2 Å². The number of carboxylic acid groups (broad SMARTS) is 1. The SMILES string of the molecule is CC(Cc1c[nH]c2cc(F)ccc12)C(=O)O. The number of halogens is 1. The fraction of sp³-hybridized carbons (Fsp3) is 0.250. The van der Waals surface area contributed by atoms with Gasteiger partial charge in [-0.25, -0.2) is 4.39 Å². The Labute approximate surface area is 91.9 Å². The summed E-state index contributed by atoms with van der Waals surface area (Å²) < 4.78 is 12.9. The normalized spacial score (nSPS) is 12.9. The van der Waals surface area contributed by atoms with Gasteiger partial charge in [0.2, 0.25) is 0 Å². The van der Waals surface area contributed by atoms with Crippen LogP contribution >= 0.6 is 0 Å². The standard InChI is InChI=1S/C12H12FNO2/c1-7(12(15)16)4-8-6-14-11-5-9(13)2-3-10(8)11/h2-3,5-7,14H,4H2,1H3,(H,15,16). The number of carbonyl (C=O) groups is 1. The molecule has 0 aliphatic rings. The van der Waals surface area contributed by atoms with Crippen molar-refractivity contribution in [1.82, 2.24) is 4.98 Å². The summed E-state index contributed by atoms with van der Waals surface area (Å²) in [4.78, 5) is 13.7. The van der Waals surface area contributed by atoms with E-state index in [1.165, 1.54) is 12.1 Å². The molecule has 1 aromatic heterocycles. The van der Waals surface area contributed by atoms with Crippen LogP contribution in [0.4, 0.5) is 4.39 Å². The first-order valence-corrected chi connectivity index (χ1v) is 5.06. The van der Waals surface area contributed by atoms with Gasteiger partial charge >= 0.3 is 5.97 Å². The largest absolute Gasteiger partial charge is 0.481 e. The molecule has 1 heterocycles. The van der Waals surface area contributed by atoms with E-state index >= 15 is 0 Å². The minimum Gasteiger partial charge on any atom is -0.481 e. The summed E-state index contributed by atoms with van der Waals surface area (Å²) >= 11 is 0. The minimum atomic E-state index is -0.823. The molecule has 2 N–H and O–H groups in total. The van der Waals surface area contributed by atoms with Crippen LogP contribution in [0, 0.1) is 11.7 Å². The molecule has 0 saturated carbocycles. The fourth-order valence-electron chi connectivity index (χ4n) is 1.74. The Morgan fingerprint density at radius 2 is 2.31 bits per heavy atom. The molecule has 0 saturated heterocycles. The van der Waals surface area contributed by atoms with E-state index < -0.39 is 11.9 Å². The summed E-state index contributed by atoms with van der Waals surface area (Å²) in [5, 5.41) is 9.71. The molecule has 0 bridgehead atoms. The van der Waals surface area contributed by atoms with Crippen molar-refractivity contribution in [1.29, 1.82) is 0 Å². The van der Waals surface area contributed by atoms with Gasteiger partial charge in [0.05, 0.1) is 5.92 Å². The number of aliphatic carboxylic acids is 1. The molecule has 1 aromatic carbocycles. The Kier molecular flexibility index (Phi) is 2.64. The maximum atomic E-state index is 12.9. The molecule has 0 fully saturated rings. The van der Waals surface area contributed by atoms with E-state index in [0.717, 1.165) is 10.9 Å². The molecule has 16 heavy (non-hydrogen) atoms. The molecule has 84 valence electrons. The van der Waals surface area contributed by atoms with Crippen LogP contribution in [0.25, 0.3) is 10.9 Å². The van der Waals surface area contributed by atoms with Gasteiger partial charge in [0.15, 0.2) is 0 Å². The zero-order valence-electron chi connectivity index (χ0n) is 8.83. The van der Waals surface area contributed by atoms with Crippen LogP contribution in [0.1, 0.15) is 12.5 Å². The lowest BCUT2D eigenvalue weighted by molar-refractivity contribution is -0.141. The molecule has 0 spiro atoms. The van der Waals surface area contributed by atoms with Crippen molar-refractivity contribution in [3.8, 4) is 0 Å². The van der Waals surface area contributed by atoms with Crippen molar-refractivity contribution in [3.63, 3.8) is 0 Å². The molecule has 1 atom stereocenters. The third-order valence-corrected chi connectivity index (χ3v) is 2.68. The number of benzene rings is 1. The number of H-pyrrole nitrogens is 1. The summed E-state index contributed by atoms with van der Waals surface area (Å²) in [7, 11) is 0. The quantitative estimate of drug-likeness (QED) is 0.836. The summed E-state index contributed by atoms with van der Waals surface area (Å²) in [6.45, 7) is 1.66. The van der Waals surface area contributed by atoms with E-state index in [0.29, 0.717) is 11.9 Å². The van der Waals surface area contributed by atoms with Gasteiger partial charge in [-0.3, -0.25) is 4.79 Å². The summed E-state index contributed by atoms with van der Waals surface area (Å²) in [5.74, 6) is -1.56. The molecule has 0 amide bonds. The van der Waals surface area contributed by atoms with E-state index in [2.05, 4.69) is 4.98 Å². The van der Waals surface area contributed by atoms with Crippen molar-refractivity contribution < 1.29 is 14.3 Å². The van der Waals surface area contributed by atoms with Gasteiger partial charge < -0.3 is 10.1 Å². The van der Waals surface area contributed by atoms with Crippen molar-refractivity contribution in [3.05, 3.63) is 35.8 Å². The fourth-order valence-corrected chi connectivity index (χ4v) is 1.74. The van der Waals surface area contributed by atoms with Gasteiger partial charge in [-0.1, -0.05) is 6.92 Å². The average Bonchev–Trinajstić information content (AvgIpc) is 2.60. The third-order valence-electron chi connectivity index (χ3n) is 2.68. The third kappa shape index (κ3) is 1.91. The molecule has 2 rings (SSSR count). The summed E-state index contributed by atoms with van der Waals surface area (Å²) in [5.41, 5.74) is 1.61. The lowest BCUT2D eigenvalue weighted by Crippen LogP contribution is -2.11. The first kappa shape index (κ1) is 10.7. The van der Waals surface area contributed by atoms with Crippen LogP contribution in [0.15, 0.2) is 24.4 Å². The molecule has 3 nitrogen and oxygen atoms in total. The van der Waals surface area contributed by atoms with E-state index in [-0.39, 0.29) is 5.82 Å². The van der Waals surface area contributed by atoms with Crippen LogP contribution in [0.3, 0.4) is 0 Å². The maximum Gasteiger partial charge on any atom is 0.306 e. The van der Waals surface area contributed by atoms with Gasteiger partial charge in [0, 0.05) is 17.1 Å². The molecule has 4 heteroatoms. The van der Waals surface area contributed by atoms with Crippen molar-refractivity contribution in [2.45, 2.75) is 13.3 Å². The van der Waals surface area contributed by atoms with Crippen LogP contribution in [0.2, 0.25) is 0 Å². The highest BCUT2D eigenvalue weighted by Crippen LogP contribution is 2.21. The van der Waals surface area contributed by atoms with E-state index in [1.807, 2.05) is 0 Å². The van der Waals surface area contributed by atoms with Crippen molar-refractivity contribution in [2.75, 3.05) is 0 Å². The zero-order chi connectivity index (χ0) is 11.7. The number of aromatic amines is 1. The predicted molar refractivity (Wildman–Crippen MR) is 58.8 cm³/mol. The number of hydrogen-bond donors (Lipinski definition) is 2. The predicted octanol–water partition coefficient (Wildman–Crippen LogP) is 2.57. The highest BCUT2D eigenvalue weighted by molar-refractivity contribution is 5.83. The second-order valence-electron chi connectivity index (χ2n) is 3.95. The van der Waals surface area contributed by atoms with Gasteiger partial charge in [-0.2, -0.15) is 0 Å². The number of hydrogen-bond acceptors (Lipinski definition) is 1. The smallest absolute Gasteiger partial charge is 0.306 e. The zero-order valence-corrected chi connectivity index (χ0v) is 8.83. The van der Waals surface area contributed by atoms with E-state index in [1.54, 1.807) is 19.2 Å². The Balaban J connectivity index is 2.35. The van der Waals surface area contributed by atoms with Crippen LogP contribution in [-0.4, -0.2) is 16.1 Å². The highest BCUT2D eigenvalue weighted by Gasteiger charge is 2.14. The lowest BCUT2D eigenvalue weighted by Gasteiger charge is -2.04. The molecule has 0 aliphatic carbocycles. The lowest BCUT2D eigenvalue weighted by atomic mass is 10.0. The monoisotopic (exact) mass is 221 g/mol. The summed E-state index contributed by atoms with van der Waals surface area (Å²) in [6, 6.07) is 4.46. The highest BCUT2D eigenvalue weighted by atomic mass is 19.1. The second-order valence-corrected chi connectivity index (χ2v) is 3.95. The summed E-state index contributed by atoms with van der Waals surface area (Å²) in [6.07, 6.45) is 2.19. The molecule has 0 radical (unpaired) electrons. The Hall–Kier alpha value is -1.84. The topological polar surface area (TPSA) is 53.1 Å². The van der Waals surface area contributed by atoms with Crippen molar-refractivity contribution in [2.24, 2.45) is 5.92 Å². The molecule has 2 aromatic rings. The minimum absolute atomic E-state index is 0.299. The number of fused-ring (bicyclic) bond motifs is 1. The van der Waals surface area contributed by atoms with Crippen LogP contribution in [-0.2, 0) is 11.2 Å². The number of nitrogens with one attached hydrogen (secondary N) is 1. The maximum absolute atomic E-state index is 12.9. The number of rotatable bonds is 3. The van der Waals surface area contributed by atoms with Crippen LogP contribution < -0.4 is 0 Å². The Morgan fingerprint density at radius 1 is 1.56 bits per heavy atom. The Bertz CT molecular complexity index is 533. The van der Waals surface area contributed by atoms with Crippen molar-refractivity contribution >= 4 is 16.9 Å². The average molecular weight is 221 g/mol. The number of carboxylic acids is 1. The van der Waals surface area contributed by atoms with E-state index in [4.69, 9.17) is 5.11 Å². The molecular weight excluding hydrogens is 209 g/mol. The van der Waals surface area contributed by atoms with Crippen LogP contribution in [0.5, 0.6) is 0 Å². The second kappa shape index (κ2) is 3.96. The Morgan fingerprint density at radius 3 is 3.00 bits per heavy atom. The van der Waals surface area contributed by atoms with Gasteiger partial charge in [0.1, 0.15) is 5.82 Å². The molecule has 0 aliphatic heterocycles. The first-order valence-electron chi connectivity index (χ1n) is 5.06. The number of aromatic nitrogens is 1. The van der Waals surface area contributed by atoms with E-state index in [9.17, 15) is 9.18 Å². The van der Waals surface area contributed by atoms with Gasteiger partial charge in [-0.15, -0.1) is 0 Å². The molecule has 1 unspecified atom stereocenters. The molecular formula is C12H12FNO2.